The van der Waals surface area contributed by atoms with Gasteiger partial charge in [-0.15, -0.1) is 0 Å². The van der Waals surface area contributed by atoms with Crippen LogP contribution in [0.5, 0.6) is 0 Å². The molecular formula is C12H22BrN3O2. The molecule has 1 saturated heterocycles. The van der Waals surface area contributed by atoms with E-state index in [9.17, 15) is 9.59 Å². The average Bonchev–Trinajstić information content (AvgIpc) is 2.55. The summed E-state index contributed by atoms with van der Waals surface area (Å²) in [6.45, 7) is 3.66. The first kappa shape index (κ1) is 15.4. The Morgan fingerprint density at radius 3 is 2.50 bits per heavy atom. The topological polar surface area (TPSA) is 43.9 Å². The lowest BCUT2D eigenvalue weighted by atomic mass is 10.3. The van der Waals surface area contributed by atoms with Gasteiger partial charge in [-0.25, -0.2) is 0 Å². The van der Waals surface area contributed by atoms with E-state index >= 15 is 0 Å². The van der Waals surface area contributed by atoms with E-state index in [0.717, 1.165) is 32.6 Å². The molecule has 104 valence electrons. The second-order valence-corrected chi connectivity index (χ2v) is 5.53. The fourth-order valence-electron chi connectivity index (χ4n) is 1.95. The SMILES string of the molecule is CN(C)C(=O)CN1CCCN(C(=O)CCBr)CC1. The molecular weight excluding hydrogens is 298 g/mol. The Balaban J connectivity index is 2.41. The van der Waals surface area contributed by atoms with Crippen LogP contribution in [0.15, 0.2) is 0 Å². The Labute approximate surface area is 117 Å². The third-order valence-electron chi connectivity index (χ3n) is 3.11. The molecule has 0 unspecified atom stereocenters. The number of hydrogen-bond acceptors (Lipinski definition) is 3. The molecule has 0 N–H and O–H groups in total. The van der Waals surface area contributed by atoms with Gasteiger partial charge < -0.3 is 9.80 Å². The van der Waals surface area contributed by atoms with Gasteiger partial charge >= 0.3 is 0 Å². The fraction of sp³-hybridized carbons (Fsp3) is 0.833. The molecule has 2 amide bonds. The molecule has 0 aromatic rings. The molecule has 1 aliphatic heterocycles. The van der Waals surface area contributed by atoms with Crippen LogP contribution >= 0.6 is 15.9 Å². The highest BCUT2D eigenvalue weighted by Crippen LogP contribution is 2.06. The maximum Gasteiger partial charge on any atom is 0.236 e. The van der Waals surface area contributed by atoms with Gasteiger partial charge in [-0.3, -0.25) is 14.5 Å². The maximum atomic E-state index is 11.8. The molecule has 0 atom stereocenters. The third-order valence-corrected chi connectivity index (χ3v) is 3.50. The lowest BCUT2D eigenvalue weighted by molar-refractivity contribution is -0.130. The van der Waals surface area contributed by atoms with Crippen molar-refractivity contribution in [3.63, 3.8) is 0 Å². The van der Waals surface area contributed by atoms with Crippen molar-refractivity contribution in [2.45, 2.75) is 12.8 Å². The first-order valence-corrected chi connectivity index (χ1v) is 7.43. The number of halogens is 1. The largest absolute Gasteiger partial charge is 0.348 e. The smallest absolute Gasteiger partial charge is 0.236 e. The summed E-state index contributed by atoms with van der Waals surface area (Å²) in [5, 5.41) is 0.713. The first-order chi connectivity index (χ1) is 8.54. The molecule has 1 aliphatic rings. The van der Waals surface area contributed by atoms with Crippen molar-refractivity contribution in [1.29, 1.82) is 0 Å². The molecule has 0 bridgehead atoms. The summed E-state index contributed by atoms with van der Waals surface area (Å²) in [5.41, 5.74) is 0. The molecule has 0 aromatic carbocycles. The van der Waals surface area contributed by atoms with Crippen molar-refractivity contribution in [3.8, 4) is 0 Å². The second kappa shape index (κ2) is 7.74. The molecule has 5 nitrogen and oxygen atoms in total. The van der Waals surface area contributed by atoms with Crippen LogP contribution in [0.1, 0.15) is 12.8 Å². The van der Waals surface area contributed by atoms with Gasteiger partial charge in [0.25, 0.3) is 0 Å². The van der Waals surface area contributed by atoms with Crippen LogP contribution in [-0.4, -0.2) is 78.7 Å². The van der Waals surface area contributed by atoms with Crippen molar-refractivity contribution in [3.05, 3.63) is 0 Å². The third kappa shape index (κ3) is 4.94. The Hall–Kier alpha value is -0.620. The van der Waals surface area contributed by atoms with E-state index in [-0.39, 0.29) is 11.8 Å². The summed E-state index contributed by atoms with van der Waals surface area (Å²) >= 11 is 3.29. The van der Waals surface area contributed by atoms with Gasteiger partial charge in [0.2, 0.25) is 11.8 Å². The minimum Gasteiger partial charge on any atom is -0.348 e. The van der Waals surface area contributed by atoms with E-state index < -0.39 is 0 Å². The molecule has 1 heterocycles. The minimum atomic E-state index is 0.121. The monoisotopic (exact) mass is 319 g/mol. The molecule has 0 spiro atoms. The van der Waals surface area contributed by atoms with Gasteiger partial charge in [0.15, 0.2) is 0 Å². The quantitative estimate of drug-likeness (QED) is 0.704. The van der Waals surface area contributed by atoms with Crippen LogP contribution < -0.4 is 0 Å². The lowest BCUT2D eigenvalue weighted by Gasteiger charge is -2.22. The van der Waals surface area contributed by atoms with Crippen molar-refractivity contribution < 1.29 is 9.59 Å². The van der Waals surface area contributed by atoms with E-state index in [1.807, 2.05) is 4.90 Å². The van der Waals surface area contributed by atoms with Crippen LogP contribution in [0.4, 0.5) is 0 Å². The molecule has 6 heteroatoms. The van der Waals surface area contributed by atoms with E-state index in [1.54, 1.807) is 19.0 Å². The lowest BCUT2D eigenvalue weighted by Crippen LogP contribution is -2.39. The molecule has 1 fully saturated rings. The zero-order valence-electron chi connectivity index (χ0n) is 11.2. The van der Waals surface area contributed by atoms with Crippen LogP contribution in [0, 0.1) is 0 Å². The molecule has 0 aromatic heterocycles. The predicted octanol–water partition coefficient (Wildman–Crippen LogP) is 0.394. The number of nitrogens with zero attached hydrogens (tertiary/aromatic N) is 3. The van der Waals surface area contributed by atoms with E-state index in [1.165, 1.54) is 0 Å². The summed E-state index contributed by atoms with van der Waals surface area (Å²) in [6, 6.07) is 0. The Bertz CT molecular complexity index is 297. The van der Waals surface area contributed by atoms with Crippen molar-refractivity contribution in [2.75, 3.05) is 52.1 Å². The highest BCUT2D eigenvalue weighted by atomic mass is 79.9. The van der Waals surface area contributed by atoms with Crippen molar-refractivity contribution in [1.82, 2.24) is 14.7 Å². The standard InChI is InChI=1S/C12H22BrN3O2/c1-14(2)12(18)10-15-6-3-7-16(9-8-15)11(17)4-5-13/h3-10H2,1-2H3. The van der Waals surface area contributed by atoms with Gasteiger partial charge in [-0.1, -0.05) is 15.9 Å². The molecule has 1 rings (SSSR count). The number of likely N-dealkylation sites (N-methyl/N-ethyl adjacent to an activating group) is 1. The number of carbonyl (C=O) groups is 2. The maximum absolute atomic E-state index is 11.8. The van der Waals surface area contributed by atoms with Crippen molar-refractivity contribution >= 4 is 27.7 Å². The summed E-state index contributed by atoms with van der Waals surface area (Å²) in [4.78, 5) is 29.1. The summed E-state index contributed by atoms with van der Waals surface area (Å²) in [7, 11) is 3.54. The molecule has 0 aliphatic carbocycles. The first-order valence-electron chi connectivity index (χ1n) is 6.31. The van der Waals surface area contributed by atoms with Crippen LogP contribution in [-0.2, 0) is 9.59 Å². The molecule has 0 saturated carbocycles. The number of rotatable bonds is 4. The Morgan fingerprint density at radius 2 is 1.89 bits per heavy atom. The highest BCUT2D eigenvalue weighted by Gasteiger charge is 2.20. The zero-order valence-corrected chi connectivity index (χ0v) is 12.8. The average molecular weight is 320 g/mol. The predicted molar refractivity (Wildman–Crippen MR) is 74.7 cm³/mol. The minimum absolute atomic E-state index is 0.121. The van der Waals surface area contributed by atoms with E-state index in [2.05, 4.69) is 20.8 Å². The molecule has 18 heavy (non-hydrogen) atoms. The number of alkyl halides is 1. The summed E-state index contributed by atoms with van der Waals surface area (Å²) in [5.74, 6) is 0.322. The normalized spacial score (nSPS) is 17.4. The van der Waals surface area contributed by atoms with Crippen LogP contribution in [0.2, 0.25) is 0 Å². The second-order valence-electron chi connectivity index (χ2n) is 4.74. The van der Waals surface area contributed by atoms with Crippen LogP contribution in [0.25, 0.3) is 0 Å². The van der Waals surface area contributed by atoms with Crippen LogP contribution in [0.3, 0.4) is 0 Å². The number of carbonyl (C=O) groups excluding carboxylic acids is 2. The summed E-state index contributed by atoms with van der Waals surface area (Å²) in [6.07, 6.45) is 1.49. The fourth-order valence-corrected chi connectivity index (χ4v) is 2.29. The van der Waals surface area contributed by atoms with Gasteiger partial charge in [0, 0.05) is 52.0 Å². The van der Waals surface area contributed by atoms with Crippen molar-refractivity contribution in [2.24, 2.45) is 0 Å². The van der Waals surface area contributed by atoms with E-state index in [4.69, 9.17) is 0 Å². The molecule has 0 radical (unpaired) electrons. The van der Waals surface area contributed by atoms with E-state index in [0.29, 0.717) is 18.3 Å². The highest BCUT2D eigenvalue weighted by molar-refractivity contribution is 9.09. The van der Waals surface area contributed by atoms with Gasteiger partial charge in [0.1, 0.15) is 0 Å². The Morgan fingerprint density at radius 1 is 1.17 bits per heavy atom. The van der Waals surface area contributed by atoms with Gasteiger partial charge in [-0.2, -0.15) is 0 Å². The summed E-state index contributed by atoms with van der Waals surface area (Å²) < 4.78 is 0. The Kier molecular flexibility index (Phi) is 6.63. The zero-order chi connectivity index (χ0) is 13.5. The van der Waals surface area contributed by atoms with Gasteiger partial charge in [-0.05, 0) is 6.42 Å². The number of hydrogen-bond donors (Lipinski definition) is 0. The number of amides is 2. The van der Waals surface area contributed by atoms with Gasteiger partial charge in [0.05, 0.1) is 6.54 Å².